The molecule has 1 atom stereocenters. The van der Waals surface area contributed by atoms with Crippen molar-refractivity contribution in [3.8, 4) is 0 Å². The molecule has 1 aliphatic heterocycles. The van der Waals surface area contributed by atoms with Crippen LogP contribution in [-0.4, -0.2) is 44.5 Å². The average molecular weight is 494 g/mol. The number of aliphatic hydroxyl groups excluding tert-OH is 3. The number of aryl methyl sites for hydroxylation is 4. The van der Waals surface area contributed by atoms with E-state index in [4.69, 9.17) is 16.7 Å². The lowest BCUT2D eigenvalue weighted by molar-refractivity contribution is 0.198. The van der Waals surface area contributed by atoms with Gasteiger partial charge in [0.25, 0.3) is 0 Å². The molecule has 0 aliphatic carbocycles. The maximum atomic E-state index is 9.75. The fraction of sp³-hybridized carbons (Fsp3) is 0.357. The molecule has 0 spiro atoms. The molecule has 184 valence electrons. The van der Waals surface area contributed by atoms with Crippen LogP contribution in [0.4, 0.5) is 5.69 Å². The number of aromatic nitrogens is 2. The Morgan fingerprint density at radius 1 is 0.829 bits per heavy atom. The van der Waals surface area contributed by atoms with E-state index >= 15 is 0 Å². The smallest absolute Gasteiger partial charge is 0.0731 e. The minimum absolute atomic E-state index is 0.0367. The third-order valence-electron chi connectivity index (χ3n) is 6.56. The highest BCUT2D eigenvalue weighted by atomic mass is 35.5. The van der Waals surface area contributed by atoms with Gasteiger partial charge in [0.1, 0.15) is 0 Å². The van der Waals surface area contributed by atoms with Crippen LogP contribution in [0.1, 0.15) is 40.1 Å². The predicted molar refractivity (Wildman–Crippen MR) is 142 cm³/mol. The summed E-state index contributed by atoms with van der Waals surface area (Å²) in [5, 5.41) is 31.0. The summed E-state index contributed by atoms with van der Waals surface area (Å²) in [6.45, 7) is 9.48. The molecule has 0 bridgehead atoms. The Labute approximate surface area is 210 Å². The van der Waals surface area contributed by atoms with Crippen molar-refractivity contribution in [2.24, 2.45) is 0 Å². The van der Waals surface area contributed by atoms with Crippen molar-refractivity contribution in [2.75, 3.05) is 18.0 Å². The van der Waals surface area contributed by atoms with E-state index in [-0.39, 0.29) is 19.3 Å². The second-order valence-corrected chi connectivity index (χ2v) is 9.73. The number of β-amino-alcohol motifs (C(OH)–C–C–N with tert-alkyl or cyclic N) is 1. The average Bonchev–Trinajstić information content (AvgIpc) is 3.25. The molecule has 6 nitrogen and oxygen atoms in total. The van der Waals surface area contributed by atoms with Crippen LogP contribution >= 0.6 is 11.6 Å². The lowest BCUT2D eigenvalue weighted by Crippen LogP contribution is -2.21. The van der Waals surface area contributed by atoms with Gasteiger partial charge in [-0.3, -0.25) is 9.97 Å². The van der Waals surface area contributed by atoms with Gasteiger partial charge in [-0.25, -0.2) is 0 Å². The Kier molecular flexibility index (Phi) is 7.57. The molecule has 1 aliphatic rings. The maximum Gasteiger partial charge on any atom is 0.0731 e. The molecule has 3 N–H and O–H groups in total. The molecule has 0 amide bonds. The number of hydrogen-bond donors (Lipinski definition) is 3. The summed E-state index contributed by atoms with van der Waals surface area (Å²) in [5.41, 5.74) is 8.67. The van der Waals surface area contributed by atoms with E-state index in [0.717, 1.165) is 74.1 Å². The molecule has 1 saturated heterocycles. The summed E-state index contributed by atoms with van der Waals surface area (Å²) in [6, 6.07) is 11.8. The van der Waals surface area contributed by atoms with Crippen LogP contribution in [0.3, 0.4) is 0 Å². The number of anilines is 1. The quantitative estimate of drug-likeness (QED) is 0.375. The fourth-order valence-corrected chi connectivity index (χ4v) is 4.91. The summed E-state index contributed by atoms with van der Waals surface area (Å²) in [4.78, 5) is 11.2. The van der Waals surface area contributed by atoms with Gasteiger partial charge in [-0.05, 0) is 92.8 Å². The van der Waals surface area contributed by atoms with Crippen LogP contribution in [0.25, 0.3) is 21.8 Å². The highest BCUT2D eigenvalue weighted by Gasteiger charge is 2.22. The predicted octanol–water partition coefficient (Wildman–Crippen LogP) is 4.91. The molecular formula is C28H32ClN3O3. The van der Waals surface area contributed by atoms with Crippen molar-refractivity contribution < 1.29 is 15.3 Å². The zero-order chi connectivity index (χ0) is 25.3. The monoisotopic (exact) mass is 493 g/mol. The van der Waals surface area contributed by atoms with E-state index in [2.05, 4.69) is 27.0 Å². The SMILES string of the molecule is Cc1cc(Cl)c2cc(C)c(CO)cc2n1.Cc1cc(N2CC[C@H](O)C2)c2cc(C)c(CO)cc2n1. The normalized spacial score (nSPS) is 15.5. The van der Waals surface area contributed by atoms with Gasteiger partial charge in [0.15, 0.2) is 0 Å². The molecule has 1 fully saturated rings. The van der Waals surface area contributed by atoms with E-state index in [1.54, 1.807) is 0 Å². The first-order valence-corrected chi connectivity index (χ1v) is 12.2. The summed E-state index contributed by atoms with van der Waals surface area (Å²) in [5.74, 6) is 0. The van der Waals surface area contributed by atoms with Gasteiger partial charge in [0.05, 0.1) is 35.4 Å². The molecular weight excluding hydrogens is 462 g/mol. The first kappa shape index (κ1) is 25.3. The topological polar surface area (TPSA) is 89.7 Å². The van der Waals surface area contributed by atoms with Crippen LogP contribution in [0, 0.1) is 27.7 Å². The number of hydrogen-bond acceptors (Lipinski definition) is 6. The van der Waals surface area contributed by atoms with Crippen LogP contribution in [0.15, 0.2) is 36.4 Å². The summed E-state index contributed by atoms with van der Waals surface area (Å²) < 4.78 is 0. The number of halogens is 1. The molecule has 2 aromatic carbocycles. The van der Waals surface area contributed by atoms with E-state index < -0.39 is 0 Å². The Hall–Kier alpha value is -2.77. The highest BCUT2D eigenvalue weighted by molar-refractivity contribution is 6.35. The molecule has 7 heteroatoms. The minimum atomic E-state index is -0.240. The van der Waals surface area contributed by atoms with Gasteiger partial charge in [0.2, 0.25) is 0 Å². The summed E-state index contributed by atoms with van der Waals surface area (Å²) in [6.07, 6.45) is 0.577. The summed E-state index contributed by atoms with van der Waals surface area (Å²) in [7, 11) is 0. The molecule has 35 heavy (non-hydrogen) atoms. The lowest BCUT2D eigenvalue weighted by atomic mass is 10.0. The standard InChI is InChI=1S/C16H20N2O2.C12H12ClNO/c1-10-5-14-15(7-12(10)9-19)17-11(2)6-16(14)18-4-3-13(20)8-18;1-7-3-10-11(13)4-8(2)14-12(10)5-9(7)6-15/h5-7,13,19-20H,3-4,8-9H2,1-2H3;3-5,15H,6H2,1-2H3/t13-;/m0./s1. The van der Waals surface area contributed by atoms with E-state index in [1.165, 1.54) is 0 Å². The van der Waals surface area contributed by atoms with Crippen LogP contribution in [-0.2, 0) is 13.2 Å². The number of rotatable bonds is 3. The number of nitrogens with zero attached hydrogens (tertiary/aromatic N) is 3. The van der Waals surface area contributed by atoms with Gasteiger partial charge < -0.3 is 20.2 Å². The second-order valence-electron chi connectivity index (χ2n) is 9.32. The van der Waals surface area contributed by atoms with Gasteiger partial charge in [-0.15, -0.1) is 0 Å². The summed E-state index contributed by atoms with van der Waals surface area (Å²) >= 11 is 6.13. The van der Waals surface area contributed by atoms with Gasteiger partial charge in [-0.2, -0.15) is 0 Å². The molecule has 0 radical (unpaired) electrons. The molecule has 3 heterocycles. The van der Waals surface area contributed by atoms with Crippen molar-refractivity contribution in [3.63, 3.8) is 0 Å². The fourth-order valence-electron chi connectivity index (χ4n) is 4.61. The van der Waals surface area contributed by atoms with Gasteiger partial charge >= 0.3 is 0 Å². The Balaban J connectivity index is 0.000000172. The number of pyridine rings is 2. The second kappa shape index (κ2) is 10.5. The number of benzene rings is 2. The molecule has 5 rings (SSSR count). The number of aliphatic hydroxyl groups is 3. The Morgan fingerprint density at radius 2 is 1.37 bits per heavy atom. The Morgan fingerprint density at radius 3 is 1.91 bits per heavy atom. The van der Waals surface area contributed by atoms with Crippen molar-refractivity contribution in [2.45, 2.75) is 53.4 Å². The van der Waals surface area contributed by atoms with Crippen molar-refractivity contribution in [1.29, 1.82) is 0 Å². The van der Waals surface area contributed by atoms with Crippen LogP contribution in [0.2, 0.25) is 5.02 Å². The van der Waals surface area contributed by atoms with Gasteiger partial charge in [-0.1, -0.05) is 11.6 Å². The van der Waals surface area contributed by atoms with Crippen LogP contribution < -0.4 is 4.90 Å². The minimum Gasteiger partial charge on any atom is -0.392 e. The molecule has 0 saturated carbocycles. The van der Waals surface area contributed by atoms with E-state index in [9.17, 15) is 10.2 Å². The highest BCUT2D eigenvalue weighted by Crippen LogP contribution is 2.31. The maximum absolute atomic E-state index is 9.75. The zero-order valence-corrected chi connectivity index (χ0v) is 21.4. The lowest BCUT2D eigenvalue weighted by Gasteiger charge is -2.21. The molecule has 4 aromatic rings. The zero-order valence-electron chi connectivity index (χ0n) is 20.6. The third kappa shape index (κ3) is 5.41. The first-order chi connectivity index (χ1) is 16.7. The largest absolute Gasteiger partial charge is 0.392 e. The Bertz CT molecular complexity index is 1390. The first-order valence-electron chi connectivity index (χ1n) is 11.8. The third-order valence-corrected chi connectivity index (χ3v) is 6.87. The molecule has 0 unspecified atom stereocenters. The van der Waals surface area contributed by atoms with Crippen molar-refractivity contribution in [3.05, 3.63) is 75.1 Å². The van der Waals surface area contributed by atoms with Crippen molar-refractivity contribution >= 4 is 39.1 Å². The number of fused-ring (bicyclic) bond motifs is 2. The van der Waals surface area contributed by atoms with E-state index in [1.807, 2.05) is 52.0 Å². The van der Waals surface area contributed by atoms with Crippen LogP contribution in [0.5, 0.6) is 0 Å². The molecule has 2 aromatic heterocycles. The van der Waals surface area contributed by atoms with Crippen molar-refractivity contribution in [1.82, 2.24) is 9.97 Å². The van der Waals surface area contributed by atoms with Gasteiger partial charge in [0, 0.05) is 40.9 Å². The van der Waals surface area contributed by atoms with E-state index in [0.29, 0.717) is 11.6 Å².